The van der Waals surface area contributed by atoms with Gasteiger partial charge in [-0.15, -0.1) is 0 Å². The number of hydrogen-bond acceptors (Lipinski definition) is 2. The van der Waals surface area contributed by atoms with Crippen LogP contribution in [-0.2, 0) is 17.8 Å². The normalized spacial score (nSPS) is 10.1. The van der Waals surface area contributed by atoms with E-state index in [-0.39, 0.29) is 6.42 Å². The zero-order valence-electron chi connectivity index (χ0n) is 8.12. The van der Waals surface area contributed by atoms with Crippen LogP contribution in [0.1, 0.15) is 17.5 Å². The summed E-state index contributed by atoms with van der Waals surface area (Å²) >= 11 is 0. The molecule has 0 amide bonds. The molecule has 4 heteroatoms. The molecule has 0 N–H and O–H groups in total. The van der Waals surface area contributed by atoms with Crippen LogP contribution in [0.25, 0.3) is 0 Å². The molecule has 0 unspecified atom stereocenters. The molecule has 0 aliphatic carbocycles. The van der Waals surface area contributed by atoms with Crippen molar-refractivity contribution in [3.63, 3.8) is 0 Å². The summed E-state index contributed by atoms with van der Waals surface area (Å²) in [6.07, 6.45) is -0.562. The van der Waals surface area contributed by atoms with Crippen LogP contribution in [0.15, 0.2) is 29.3 Å². The number of halogens is 2. The van der Waals surface area contributed by atoms with E-state index < -0.39 is 6.43 Å². The summed E-state index contributed by atoms with van der Waals surface area (Å²) in [5.74, 6) is 0. The lowest BCUT2D eigenvalue weighted by atomic mass is 10.1. The first-order valence-electron chi connectivity index (χ1n) is 4.62. The Morgan fingerprint density at radius 2 is 1.80 bits per heavy atom. The van der Waals surface area contributed by atoms with E-state index in [0.29, 0.717) is 13.0 Å². The fraction of sp³-hybridized carbons (Fsp3) is 0.364. The Morgan fingerprint density at radius 3 is 2.33 bits per heavy atom. The average molecular weight is 211 g/mol. The molecule has 0 fully saturated rings. The topological polar surface area (TPSA) is 29.4 Å². The van der Waals surface area contributed by atoms with Crippen molar-refractivity contribution in [2.24, 2.45) is 4.99 Å². The van der Waals surface area contributed by atoms with Crippen molar-refractivity contribution in [1.29, 1.82) is 0 Å². The summed E-state index contributed by atoms with van der Waals surface area (Å²) in [4.78, 5) is 13.3. The average Bonchev–Trinajstić information content (AvgIpc) is 2.25. The molecule has 0 saturated carbocycles. The molecular formula is C11H11F2NO. The van der Waals surface area contributed by atoms with Gasteiger partial charge in [-0.2, -0.15) is 0 Å². The molecule has 0 radical (unpaired) electrons. The molecule has 0 saturated heterocycles. The number of isocyanates is 1. The third kappa shape index (κ3) is 4.47. The predicted molar refractivity (Wildman–Crippen MR) is 52.6 cm³/mol. The Kier molecular flexibility index (Phi) is 4.64. The first kappa shape index (κ1) is 11.5. The van der Waals surface area contributed by atoms with Gasteiger partial charge in [-0.3, -0.25) is 0 Å². The minimum Gasteiger partial charge on any atom is -0.211 e. The summed E-state index contributed by atoms with van der Waals surface area (Å²) in [6.45, 7) is 0.290. The minimum atomic E-state index is -2.26. The highest BCUT2D eigenvalue weighted by molar-refractivity contribution is 5.34. The lowest BCUT2D eigenvalue weighted by Crippen LogP contribution is -1.94. The van der Waals surface area contributed by atoms with Gasteiger partial charge in [0, 0.05) is 6.42 Å². The Hall–Kier alpha value is -1.54. The van der Waals surface area contributed by atoms with Gasteiger partial charge >= 0.3 is 0 Å². The van der Waals surface area contributed by atoms with Crippen molar-refractivity contribution in [1.82, 2.24) is 0 Å². The van der Waals surface area contributed by atoms with Crippen LogP contribution in [0.3, 0.4) is 0 Å². The molecule has 0 heterocycles. The van der Waals surface area contributed by atoms with Crippen LogP contribution in [0.4, 0.5) is 8.78 Å². The quantitative estimate of drug-likeness (QED) is 0.544. The molecular weight excluding hydrogens is 200 g/mol. The van der Waals surface area contributed by atoms with E-state index in [1.807, 2.05) is 0 Å². The summed E-state index contributed by atoms with van der Waals surface area (Å²) in [7, 11) is 0. The Labute approximate surface area is 86.6 Å². The first-order valence-corrected chi connectivity index (χ1v) is 4.62. The Bertz CT molecular complexity index is 342. The molecule has 2 nitrogen and oxygen atoms in total. The number of alkyl halides is 2. The van der Waals surface area contributed by atoms with Gasteiger partial charge in [0.15, 0.2) is 0 Å². The summed E-state index contributed by atoms with van der Waals surface area (Å²) in [5.41, 5.74) is 1.74. The lowest BCUT2D eigenvalue weighted by molar-refractivity contribution is 0.138. The predicted octanol–water partition coefficient (Wildman–Crippen LogP) is 2.72. The van der Waals surface area contributed by atoms with Gasteiger partial charge in [0.05, 0.1) is 6.54 Å². The van der Waals surface area contributed by atoms with Gasteiger partial charge in [0.1, 0.15) is 0 Å². The largest absolute Gasteiger partial charge is 0.239 e. The van der Waals surface area contributed by atoms with Crippen LogP contribution in [0.2, 0.25) is 0 Å². The third-order valence-electron chi connectivity index (χ3n) is 2.00. The monoisotopic (exact) mass is 211 g/mol. The molecule has 0 aromatic heterocycles. The second-order valence-electron chi connectivity index (χ2n) is 3.15. The van der Waals surface area contributed by atoms with Crippen LogP contribution in [0.5, 0.6) is 0 Å². The van der Waals surface area contributed by atoms with Crippen LogP contribution in [0, 0.1) is 0 Å². The van der Waals surface area contributed by atoms with Gasteiger partial charge in [-0.05, 0) is 17.5 Å². The maximum atomic E-state index is 11.9. The third-order valence-corrected chi connectivity index (χ3v) is 2.00. The molecule has 1 aromatic rings. The van der Waals surface area contributed by atoms with E-state index in [9.17, 15) is 13.6 Å². The SMILES string of the molecule is O=C=NCc1ccc(CCC(F)F)cc1. The smallest absolute Gasteiger partial charge is 0.211 e. The van der Waals surface area contributed by atoms with E-state index in [0.717, 1.165) is 11.1 Å². The highest BCUT2D eigenvalue weighted by atomic mass is 19.3. The maximum absolute atomic E-state index is 11.9. The van der Waals surface area contributed by atoms with Gasteiger partial charge in [0.2, 0.25) is 12.5 Å². The Balaban J connectivity index is 2.52. The number of carbonyl (C=O) groups excluding carboxylic acids is 1. The maximum Gasteiger partial charge on any atom is 0.239 e. The molecule has 0 spiro atoms. The molecule has 1 aromatic carbocycles. The van der Waals surface area contributed by atoms with E-state index >= 15 is 0 Å². The zero-order valence-corrected chi connectivity index (χ0v) is 8.12. The zero-order chi connectivity index (χ0) is 11.1. The van der Waals surface area contributed by atoms with E-state index in [4.69, 9.17) is 0 Å². The van der Waals surface area contributed by atoms with Crippen molar-refractivity contribution in [2.75, 3.05) is 0 Å². The van der Waals surface area contributed by atoms with Crippen molar-refractivity contribution in [3.05, 3.63) is 35.4 Å². The summed E-state index contributed by atoms with van der Waals surface area (Å²) in [6, 6.07) is 7.11. The molecule has 80 valence electrons. The van der Waals surface area contributed by atoms with Crippen molar-refractivity contribution >= 4 is 6.08 Å². The number of rotatable bonds is 5. The second-order valence-corrected chi connectivity index (χ2v) is 3.15. The molecule has 0 atom stereocenters. The lowest BCUT2D eigenvalue weighted by Gasteiger charge is -2.01. The first-order chi connectivity index (χ1) is 7.22. The standard InChI is InChI=1S/C11H11F2NO/c12-11(13)6-5-9-1-3-10(4-2-9)7-14-8-15/h1-4,11H,5-7H2. The van der Waals surface area contributed by atoms with Crippen molar-refractivity contribution in [3.8, 4) is 0 Å². The number of benzene rings is 1. The highest BCUT2D eigenvalue weighted by Crippen LogP contribution is 2.10. The van der Waals surface area contributed by atoms with Crippen LogP contribution in [-0.4, -0.2) is 12.5 Å². The van der Waals surface area contributed by atoms with Gasteiger partial charge in [0.25, 0.3) is 0 Å². The number of aryl methyl sites for hydroxylation is 1. The molecule has 0 bridgehead atoms. The fourth-order valence-electron chi connectivity index (χ4n) is 1.21. The Morgan fingerprint density at radius 1 is 1.20 bits per heavy atom. The molecule has 15 heavy (non-hydrogen) atoms. The van der Waals surface area contributed by atoms with Gasteiger partial charge in [-0.25, -0.2) is 18.6 Å². The highest BCUT2D eigenvalue weighted by Gasteiger charge is 2.02. The van der Waals surface area contributed by atoms with Gasteiger partial charge in [-0.1, -0.05) is 24.3 Å². The number of aliphatic imine (C=N–C) groups is 1. The van der Waals surface area contributed by atoms with Crippen molar-refractivity contribution < 1.29 is 13.6 Å². The van der Waals surface area contributed by atoms with E-state index in [1.54, 1.807) is 24.3 Å². The minimum absolute atomic E-state index is 0.119. The van der Waals surface area contributed by atoms with Crippen LogP contribution < -0.4 is 0 Å². The number of nitrogens with zero attached hydrogens (tertiary/aromatic N) is 1. The molecule has 0 aliphatic rings. The van der Waals surface area contributed by atoms with Crippen LogP contribution >= 0.6 is 0 Å². The summed E-state index contributed by atoms with van der Waals surface area (Å²) < 4.78 is 23.8. The van der Waals surface area contributed by atoms with E-state index in [2.05, 4.69) is 4.99 Å². The fourth-order valence-corrected chi connectivity index (χ4v) is 1.21. The number of hydrogen-bond donors (Lipinski definition) is 0. The second kappa shape index (κ2) is 6.04. The van der Waals surface area contributed by atoms with E-state index in [1.165, 1.54) is 6.08 Å². The van der Waals surface area contributed by atoms with Crippen molar-refractivity contribution in [2.45, 2.75) is 25.8 Å². The molecule has 1 rings (SSSR count). The summed E-state index contributed by atoms with van der Waals surface area (Å²) in [5, 5.41) is 0. The molecule has 0 aliphatic heterocycles. The van der Waals surface area contributed by atoms with Gasteiger partial charge < -0.3 is 0 Å².